The molecule has 3 aromatic rings. The van der Waals surface area contributed by atoms with Gasteiger partial charge in [0, 0.05) is 35.5 Å². The third-order valence-corrected chi connectivity index (χ3v) is 7.71. The quantitative estimate of drug-likeness (QED) is 0.581. The van der Waals surface area contributed by atoms with Gasteiger partial charge in [-0.05, 0) is 31.9 Å². The summed E-state index contributed by atoms with van der Waals surface area (Å²) < 4.78 is 4.64. The monoisotopic (exact) mass is 413 g/mol. The van der Waals surface area contributed by atoms with E-state index in [1.54, 1.807) is 18.0 Å². The minimum atomic E-state index is 0.340. The number of fused-ring (bicyclic) bond motifs is 1. The fraction of sp³-hybridized carbons (Fsp3) is 0.526. The second-order valence-electron chi connectivity index (χ2n) is 7.39. The average molecular weight is 414 g/mol. The molecule has 2 aliphatic rings. The summed E-state index contributed by atoms with van der Waals surface area (Å²) in [5.74, 6) is 3.90. The third-order valence-electron chi connectivity index (χ3n) is 5.53. The molecule has 28 heavy (non-hydrogen) atoms. The molecular formula is C19H23N7S2. The molecule has 1 atom stereocenters. The highest BCUT2D eigenvalue weighted by Gasteiger charge is 2.30. The number of pyridine rings is 1. The molecule has 146 valence electrons. The lowest BCUT2D eigenvalue weighted by Crippen LogP contribution is -2.16. The average Bonchev–Trinajstić information content (AvgIpc) is 3.43. The van der Waals surface area contributed by atoms with Gasteiger partial charge in [0.2, 0.25) is 0 Å². The van der Waals surface area contributed by atoms with E-state index in [4.69, 9.17) is 0 Å². The molecular weight excluding hydrogens is 390 g/mol. The zero-order valence-electron chi connectivity index (χ0n) is 15.9. The van der Waals surface area contributed by atoms with Gasteiger partial charge in [-0.25, -0.2) is 0 Å². The molecule has 1 unspecified atom stereocenters. The topological polar surface area (TPSA) is 74.3 Å². The van der Waals surface area contributed by atoms with Crippen LogP contribution in [0.5, 0.6) is 0 Å². The standard InChI is InChI=1S/C19H23N7S2/c1-13-21-23-18(25(13)15-7-3-2-4-8-15)27-11-16-12-28-19-24-22-17(26(16)19)14-6-5-9-20-10-14/h5-6,9-10,15-16H,2-4,7-8,11-12H2,1H3. The Morgan fingerprint density at radius 3 is 2.82 bits per heavy atom. The largest absolute Gasteiger partial charge is 0.303 e. The Bertz CT molecular complexity index is 947. The van der Waals surface area contributed by atoms with Crippen LogP contribution in [-0.4, -0.2) is 46.0 Å². The van der Waals surface area contributed by atoms with E-state index in [-0.39, 0.29) is 0 Å². The smallest absolute Gasteiger partial charge is 0.191 e. The summed E-state index contributed by atoms with van der Waals surface area (Å²) >= 11 is 3.59. The molecule has 4 heterocycles. The van der Waals surface area contributed by atoms with Gasteiger partial charge in [-0.1, -0.05) is 42.8 Å². The SMILES string of the molecule is Cc1nnc(SCC2CSc3nnc(-c4cccnc4)n32)n1C1CCCCC1. The lowest BCUT2D eigenvalue weighted by atomic mass is 9.95. The van der Waals surface area contributed by atoms with Crippen LogP contribution in [0.1, 0.15) is 50.0 Å². The van der Waals surface area contributed by atoms with Crippen molar-refractivity contribution in [1.82, 2.24) is 34.5 Å². The summed E-state index contributed by atoms with van der Waals surface area (Å²) in [5, 5.41) is 19.7. The van der Waals surface area contributed by atoms with E-state index in [1.165, 1.54) is 32.1 Å². The number of nitrogens with zero attached hydrogens (tertiary/aromatic N) is 7. The van der Waals surface area contributed by atoms with Crippen molar-refractivity contribution in [1.29, 1.82) is 0 Å². The number of rotatable bonds is 5. The molecule has 0 N–H and O–H groups in total. The number of aromatic nitrogens is 7. The molecule has 9 heteroatoms. The van der Waals surface area contributed by atoms with E-state index >= 15 is 0 Å². The van der Waals surface area contributed by atoms with Gasteiger partial charge in [-0.15, -0.1) is 20.4 Å². The van der Waals surface area contributed by atoms with Gasteiger partial charge in [0.1, 0.15) is 5.82 Å². The number of aryl methyl sites for hydroxylation is 1. The van der Waals surface area contributed by atoms with Crippen LogP contribution < -0.4 is 0 Å². The Kier molecular flexibility index (Phi) is 5.11. The van der Waals surface area contributed by atoms with Crippen molar-refractivity contribution < 1.29 is 0 Å². The van der Waals surface area contributed by atoms with Crippen molar-refractivity contribution in [2.45, 2.75) is 61.4 Å². The molecule has 3 aromatic heterocycles. The predicted molar refractivity (Wildman–Crippen MR) is 111 cm³/mol. The molecule has 1 saturated carbocycles. The van der Waals surface area contributed by atoms with Gasteiger partial charge in [0.25, 0.3) is 0 Å². The first-order valence-electron chi connectivity index (χ1n) is 9.83. The van der Waals surface area contributed by atoms with Gasteiger partial charge in [0.15, 0.2) is 16.1 Å². The summed E-state index contributed by atoms with van der Waals surface area (Å²) in [6.45, 7) is 2.08. The van der Waals surface area contributed by atoms with E-state index in [0.717, 1.165) is 39.0 Å². The summed E-state index contributed by atoms with van der Waals surface area (Å²) in [4.78, 5) is 4.24. The minimum absolute atomic E-state index is 0.340. The molecule has 0 spiro atoms. The van der Waals surface area contributed by atoms with Crippen molar-refractivity contribution in [3.8, 4) is 11.4 Å². The molecule has 0 amide bonds. The highest BCUT2D eigenvalue weighted by molar-refractivity contribution is 8.00. The molecule has 0 aromatic carbocycles. The molecule has 1 aliphatic heterocycles. The molecule has 1 fully saturated rings. The van der Waals surface area contributed by atoms with E-state index in [9.17, 15) is 0 Å². The first-order chi connectivity index (χ1) is 13.8. The number of hydrogen-bond donors (Lipinski definition) is 0. The highest BCUT2D eigenvalue weighted by atomic mass is 32.2. The second kappa shape index (κ2) is 7.87. The zero-order chi connectivity index (χ0) is 18.9. The van der Waals surface area contributed by atoms with Crippen molar-refractivity contribution in [2.75, 3.05) is 11.5 Å². The lowest BCUT2D eigenvalue weighted by Gasteiger charge is -2.25. The number of hydrogen-bond acceptors (Lipinski definition) is 7. The molecule has 0 bridgehead atoms. The summed E-state index contributed by atoms with van der Waals surface area (Å²) in [6.07, 6.45) is 10.1. The van der Waals surface area contributed by atoms with E-state index in [2.05, 4.69) is 41.4 Å². The fourth-order valence-corrected chi connectivity index (χ4v) is 6.50. The van der Waals surface area contributed by atoms with E-state index in [1.807, 2.05) is 30.1 Å². The van der Waals surface area contributed by atoms with Crippen LogP contribution in [0.2, 0.25) is 0 Å². The first-order valence-corrected chi connectivity index (χ1v) is 11.8. The third kappa shape index (κ3) is 3.34. The predicted octanol–water partition coefficient (Wildman–Crippen LogP) is 4.18. The van der Waals surface area contributed by atoms with Crippen LogP contribution >= 0.6 is 23.5 Å². The molecule has 0 saturated heterocycles. The van der Waals surface area contributed by atoms with Crippen molar-refractivity contribution in [2.24, 2.45) is 0 Å². The van der Waals surface area contributed by atoms with Gasteiger partial charge in [-0.3, -0.25) is 9.55 Å². The normalized spacial score (nSPS) is 19.8. The Hall–Kier alpha value is -1.87. The Morgan fingerprint density at radius 1 is 1.11 bits per heavy atom. The first kappa shape index (κ1) is 18.2. The Labute approximate surface area is 172 Å². The fourth-order valence-electron chi connectivity index (χ4n) is 4.14. The Morgan fingerprint density at radius 2 is 2.00 bits per heavy atom. The highest BCUT2D eigenvalue weighted by Crippen LogP contribution is 2.39. The van der Waals surface area contributed by atoms with Crippen molar-refractivity contribution in [3.63, 3.8) is 0 Å². The van der Waals surface area contributed by atoms with Gasteiger partial charge in [-0.2, -0.15) is 0 Å². The second-order valence-corrected chi connectivity index (χ2v) is 9.36. The van der Waals surface area contributed by atoms with Crippen LogP contribution in [-0.2, 0) is 0 Å². The van der Waals surface area contributed by atoms with E-state index in [0.29, 0.717) is 12.1 Å². The molecule has 0 radical (unpaired) electrons. The van der Waals surface area contributed by atoms with Crippen LogP contribution in [0.15, 0.2) is 34.8 Å². The summed E-state index contributed by atoms with van der Waals surface area (Å²) in [6, 6.07) is 4.88. The lowest BCUT2D eigenvalue weighted by molar-refractivity contribution is 0.332. The van der Waals surface area contributed by atoms with E-state index < -0.39 is 0 Å². The molecule has 1 aliphatic carbocycles. The van der Waals surface area contributed by atoms with Gasteiger partial charge in [0.05, 0.1) is 6.04 Å². The van der Waals surface area contributed by atoms with Gasteiger partial charge < -0.3 is 4.57 Å². The maximum atomic E-state index is 4.49. The van der Waals surface area contributed by atoms with Crippen LogP contribution in [0, 0.1) is 6.92 Å². The minimum Gasteiger partial charge on any atom is -0.303 e. The summed E-state index contributed by atoms with van der Waals surface area (Å²) in [7, 11) is 0. The van der Waals surface area contributed by atoms with Crippen molar-refractivity contribution in [3.05, 3.63) is 30.4 Å². The van der Waals surface area contributed by atoms with Crippen molar-refractivity contribution >= 4 is 23.5 Å². The maximum absolute atomic E-state index is 4.49. The zero-order valence-corrected chi connectivity index (χ0v) is 17.5. The van der Waals surface area contributed by atoms with Crippen LogP contribution in [0.3, 0.4) is 0 Å². The summed E-state index contributed by atoms with van der Waals surface area (Å²) in [5.41, 5.74) is 1.01. The van der Waals surface area contributed by atoms with Crippen LogP contribution in [0.25, 0.3) is 11.4 Å². The number of thioether (sulfide) groups is 2. The van der Waals surface area contributed by atoms with Crippen LogP contribution in [0.4, 0.5) is 0 Å². The Balaban J connectivity index is 1.36. The maximum Gasteiger partial charge on any atom is 0.191 e. The molecule has 5 rings (SSSR count). The molecule has 7 nitrogen and oxygen atoms in total. The van der Waals surface area contributed by atoms with Gasteiger partial charge >= 0.3 is 0 Å².